The van der Waals surface area contributed by atoms with Gasteiger partial charge in [-0.05, 0) is 41.6 Å². The summed E-state index contributed by atoms with van der Waals surface area (Å²) in [5.74, 6) is 0. The summed E-state index contributed by atoms with van der Waals surface area (Å²) in [5.41, 5.74) is 1.74. The summed E-state index contributed by atoms with van der Waals surface area (Å²) in [6.45, 7) is 0. The van der Waals surface area contributed by atoms with Gasteiger partial charge < -0.3 is 0 Å². The third-order valence-electron chi connectivity index (χ3n) is 3.84. The van der Waals surface area contributed by atoms with Gasteiger partial charge in [-0.15, -0.1) is 11.3 Å². The van der Waals surface area contributed by atoms with E-state index < -0.39 is 11.1 Å². The molecule has 0 unspecified atom stereocenters. The summed E-state index contributed by atoms with van der Waals surface area (Å²) in [6.07, 6.45) is -2.56. The van der Waals surface area contributed by atoms with Crippen molar-refractivity contribution in [1.29, 1.82) is 0 Å². The Morgan fingerprint density at radius 3 is 2.32 bits per heavy atom. The van der Waals surface area contributed by atoms with Crippen LogP contribution in [0.3, 0.4) is 0 Å². The highest BCUT2D eigenvalue weighted by atomic mass is 32.2. The first kappa shape index (κ1) is 16.3. The summed E-state index contributed by atoms with van der Waals surface area (Å²) in [5, 5.41) is 2.31. The zero-order valence-electron chi connectivity index (χ0n) is 12.8. The smallest absolute Gasteiger partial charge is 0.286 e. The topological polar surface area (TPSA) is 4.93 Å². The number of halogens is 3. The summed E-state index contributed by atoms with van der Waals surface area (Å²) >= 11 is 2.22. The molecule has 0 aliphatic rings. The van der Waals surface area contributed by atoms with Crippen molar-refractivity contribution >= 4 is 34.2 Å². The van der Waals surface area contributed by atoms with Crippen LogP contribution in [0.25, 0.3) is 22.0 Å². The van der Waals surface area contributed by atoms with E-state index in [4.69, 9.17) is 0 Å². The van der Waals surface area contributed by atoms with E-state index in [1.165, 1.54) is 17.3 Å². The number of benzene rings is 2. The first-order valence-corrected chi connectivity index (χ1v) is 9.18. The summed E-state index contributed by atoms with van der Waals surface area (Å²) < 4.78 is 41.9. The van der Waals surface area contributed by atoms with E-state index in [1.807, 2.05) is 58.6 Å². The van der Waals surface area contributed by atoms with Crippen LogP contribution in [0.4, 0.5) is 13.2 Å². The van der Waals surface area contributed by atoms with Gasteiger partial charge in [-0.1, -0.05) is 36.4 Å². The van der Waals surface area contributed by atoms with Crippen molar-refractivity contribution in [3.05, 3.63) is 77.1 Å². The van der Waals surface area contributed by atoms with Crippen LogP contribution in [0.1, 0.15) is 4.88 Å². The zero-order chi connectivity index (χ0) is 17.4. The van der Waals surface area contributed by atoms with E-state index >= 15 is 0 Å². The van der Waals surface area contributed by atoms with Crippen LogP contribution in [-0.2, 0) is 6.18 Å². The second-order valence-corrected chi connectivity index (χ2v) is 7.41. The summed E-state index contributed by atoms with van der Waals surface area (Å²) in [6, 6.07) is 18.9. The standard InChI is InChI=1S/C19H12F3NS2/c20-19(21,22)18-15(10-11-24-18)16-12-23(17-9-5-4-8-14(16)17)25-13-6-2-1-3-7-13/h1-12H. The van der Waals surface area contributed by atoms with E-state index in [0.29, 0.717) is 5.56 Å². The Morgan fingerprint density at radius 2 is 1.56 bits per heavy atom. The number of hydrogen-bond acceptors (Lipinski definition) is 2. The van der Waals surface area contributed by atoms with Crippen LogP contribution in [0, 0.1) is 0 Å². The van der Waals surface area contributed by atoms with E-state index in [2.05, 4.69) is 0 Å². The fourth-order valence-electron chi connectivity index (χ4n) is 2.78. The molecule has 0 fully saturated rings. The number of nitrogens with zero attached hydrogens (tertiary/aromatic N) is 1. The lowest BCUT2D eigenvalue weighted by molar-refractivity contribution is -0.133. The van der Waals surface area contributed by atoms with Crippen LogP contribution in [0.2, 0.25) is 0 Å². The molecule has 0 atom stereocenters. The zero-order valence-corrected chi connectivity index (χ0v) is 14.5. The Kier molecular flexibility index (Phi) is 4.09. The number of rotatable bonds is 3. The van der Waals surface area contributed by atoms with Gasteiger partial charge in [-0.25, -0.2) is 0 Å². The number of thiophene rings is 1. The molecule has 0 radical (unpaired) electrons. The highest BCUT2D eigenvalue weighted by molar-refractivity contribution is 7.98. The molecule has 0 aliphatic carbocycles. The minimum Gasteiger partial charge on any atom is -0.286 e. The molecule has 126 valence electrons. The molecule has 0 bridgehead atoms. The molecule has 0 saturated carbocycles. The number of hydrogen-bond donors (Lipinski definition) is 0. The largest absolute Gasteiger partial charge is 0.426 e. The molecule has 25 heavy (non-hydrogen) atoms. The van der Waals surface area contributed by atoms with Crippen molar-refractivity contribution in [1.82, 2.24) is 3.97 Å². The number of fused-ring (bicyclic) bond motifs is 1. The normalized spacial score (nSPS) is 12.0. The second kappa shape index (κ2) is 6.28. The lowest BCUT2D eigenvalue weighted by Gasteiger charge is -2.06. The first-order chi connectivity index (χ1) is 12.0. The molecule has 2 heterocycles. The molecule has 0 aliphatic heterocycles. The quantitative estimate of drug-likeness (QED) is 0.375. The SMILES string of the molecule is FC(F)(F)c1sccc1-c1cn(Sc2ccccc2)c2ccccc12. The van der Waals surface area contributed by atoms with Gasteiger partial charge in [0.1, 0.15) is 4.88 Å². The van der Waals surface area contributed by atoms with Crippen molar-refractivity contribution < 1.29 is 13.2 Å². The van der Waals surface area contributed by atoms with Crippen molar-refractivity contribution in [3.8, 4) is 11.1 Å². The summed E-state index contributed by atoms with van der Waals surface area (Å²) in [4.78, 5) is 0.469. The van der Waals surface area contributed by atoms with Crippen LogP contribution >= 0.6 is 23.3 Å². The third-order valence-corrected chi connectivity index (χ3v) is 5.78. The molecule has 2 aromatic heterocycles. The molecule has 0 spiro atoms. The average molecular weight is 375 g/mol. The van der Waals surface area contributed by atoms with Gasteiger partial charge in [0, 0.05) is 27.6 Å². The van der Waals surface area contributed by atoms with Crippen molar-refractivity contribution in [2.45, 2.75) is 11.1 Å². The fraction of sp³-hybridized carbons (Fsp3) is 0.0526. The van der Waals surface area contributed by atoms with Crippen LogP contribution in [0.15, 0.2) is 77.1 Å². The molecule has 1 nitrogen and oxygen atoms in total. The van der Waals surface area contributed by atoms with Crippen LogP contribution in [-0.4, -0.2) is 3.97 Å². The van der Waals surface area contributed by atoms with Gasteiger partial charge in [-0.2, -0.15) is 13.2 Å². The number of aromatic nitrogens is 1. The maximum Gasteiger partial charge on any atom is 0.426 e. The first-order valence-electron chi connectivity index (χ1n) is 7.52. The van der Waals surface area contributed by atoms with Crippen LogP contribution in [0.5, 0.6) is 0 Å². The molecule has 6 heteroatoms. The average Bonchev–Trinajstić information content (AvgIpc) is 3.21. The van der Waals surface area contributed by atoms with Crippen molar-refractivity contribution in [2.75, 3.05) is 0 Å². The van der Waals surface area contributed by atoms with Crippen molar-refractivity contribution in [3.63, 3.8) is 0 Å². The molecule has 2 aromatic carbocycles. The minimum absolute atomic E-state index is 0.237. The highest BCUT2D eigenvalue weighted by Gasteiger charge is 2.35. The molecule has 0 saturated heterocycles. The van der Waals surface area contributed by atoms with Gasteiger partial charge in [-0.3, -0.25) is 3.97 Å². The molecule has 4 rings (SSSR count). The van der Waals surface area contributed by atoms with E-state index in [0.717, 1.165) is 27.1 Å². The second-order valence-electron chi connectivity index (χ2n) is 5.45. The lowest BCUT2D eigenvalue weighted by Crippen LogP contribution is -2.03. The Hall–Kier alpha value is -2.18. The van der Waals surface area contributed by atoms with Crippen molar-refractivity contribution in [2.24, 2.45) is 0 Å². The molecule has 4 aromatic rings. The molecule has 0 N–H and O–H groups in total. The maximum atomic E-state index is 13.3. The maximum absolute atomic E-state index is 13.3. The van der Waals surface area contributed by atoms with E-state index in [9.17, 15) is 13.2 Å². The molecule has 0 amide bonds. The van der Waals surface area contributed by atoms with Gasteiger partial charge in [0.2, 0.25) is 0 Å². The predicted molar refractivity (Wildman–Crippen MR) is 98.0 cm³/mol. The minimum atomic E-state index is -4.35. The fourth-order valence-corrected chi connectivity index (χ4v) is 4.48. The Morgan fingerprint density at radius 1 is 0.840 bits per heavy atom. The Labute approximate surface area is 150 Å². The number of alkyl halides is 3. The molecular weight excluding hydrogens is 363 g/mol. The van der Waals surface area contributed by atoms with E-state index in [1.54, 1.807) is 12.3 Å². The predicted octanol–water partition coefficient (Wildman–Crippen LogP) is 6.94. The monoisotopic (exact) mass is 375 g/mol. The van der Waals surface area contributed by atoms with Gasteiger partial charge in [0.15, 0.2) is 0 Å². The molecular formula is C19H12F3NS2. The summed E-state index contributed by atoms with van der Waals surface area (Å²) in [7, 11) is 0. The van der Waals surface area contributed by atoms with Crippen LogP contribution < -0.4 is 0 Å². The van der Waals surface area contributed by atoms with E-state index in [-0.39, 0.29) is 5.56 Å². The van der Waals surface area contributed by atoms with Gasteiger partial charge >= 0.3 is 6.18 Å². The lowest BCUT2D eigenvalue weighted by atomic mass is 10.1. The Bertz CT molecular complexity index is 1020. The van der Waals surface area contributed by atoms with Gasteiger partial charge in [0.25, 0.3) is 0 Å². The number of para-hydroxylation sites is 1. The van der Waals surface area contributed by atoms with Gasteiger partial charge in [0.05, 0.1) is 5.52 Å². The third kappa shape index (κ3) is 3.07. The highest BCUT2D eigenvalue weighted by Crippen LogP contribution is 2.44. The Balaban J connectivity index is 1.88.